The van der Waals surface area contributed by atoms with Gasteiger partial charge in [0.15, 0.2) is 0 Å². The Kier molecular flexibility index (Phi) is 2.82. The molecule has 0 fully saturated rings. The molecule has 1 heterocycles. The van der Waals surface area contributed by atoms with Crippen molar-refractivity contribution >= 4 is 0 Å². The lowest BCUT2D eigenvalue weighted by Crippen LogP contribution is -2.17. The Balaban J connectivity index is 2.11. The molecule has 1 aromatic heterocycles. The van der Waals surface area contributed by atoms with Crippen LogP contribution in [0.3, 0.4) is 0 Å². The summed E-state index contributed by atoms with van der Waals surface area (Å²) in [6.45, 7) is 2.04. The molecular weight excluding hydrogens is 224 g/mol. The molecule has 18 heavy (non-hydrogen) atoms. The van der Waals surface area contributed by atoms with Crippen molar-refractivity contribution in [1.82, 2.24) is 9.78 Å². The minimum atomic E-state index is 0.137. The lowest BCUT2D eigenvalue weighted by atomic mass is 10.1. The maximum Gasteiger partial charge on any atom is 0.274 e. The summed E-state index contributed by atoms with van der Waals surface area (Å²) in [7, 11) is 0. The minimum Gasteiger partial charge on any atom is -0.295 e. The fraction of sp³-hybridized carbons (Fsp3) is 0.400. The molecule has 1 aliphatic carbocycles. The second-order valence-electron chi connectivity index (χ2n) is 5.11. The first-order valence-corrected chi connectivity index (χ1v) is 6.65. The van der Waals surface area contributed by atoms with Crippen molar-refractivity contribution in [3.05, 3.63) is 51.4 Å². The third kappa shape index (κ3) is 1.90. The Bertz CT molecular complexity index is 622. The second-order valence-corrected chi connectivity index (χ2v) is 5.11. The van der Waals surface area contributed by atoms with Gasteiger partial charge in [-0.3, -0.25) is 9.89 Å². The van der Waals surface area contributed by atoms with Gasteiger partial charge in [0.1, 0.15) is 0 Å². The van der Waals surface area contributed by atoms with E-state index in [1.54, 1.807) is 4.68 Å². The first-order chi connectivity index (χ1) is 8.75. The van der Waals surface area contributed by atoms with Crippen LogP contribution in [0.2, 0.25) is 0 Å². The third-order valence-corrected chi connectivity index (χ3v) is 3.69. The van der Waals surface area contributed by atoms with Crippen molar-refractivity contribution in [2.75, 3.05) is 0 Å². The zero-order chi connectivity index (χ0) is 12.5. The molecule has 0 saturated heterocycles. The highest BCUT2D eigenvalue weighted by molar-refractivity contribution is 5.36. The van der Waals surface area contributed by atoms with Crippen molar-refractivity contribution in [1.29, 1.82) is 0 Å². The van der Waals surface area contributed by atoms with Crippen LogP contribution in [0.5, 0.6) is 0 Å². The molecule has 0 spiro atoms. The van der Waals surface area contributed by atoms with Crippen LogP contribution in [0.1, 0.15) is 36.1 Å². The van der Waals surface area contributed by atoms with Crippen LogP contribution in [-0.2, 0) is 12.8 Å². The molecule has 94 valence electrons. The van der Waals surface area contributed by atoms with E-state index >= 15 is 0 Å². The topological polar surface area (TPSA) is 37.8 Å². The molecule has 3 nitrogen and oxygen atoms in total. The van der Waals surface area contributed by atoms with Crippen molar-refractivity contribution in [2.45, 2.75) is 39.0 Å². The molecular formula is C15H18N2O. The molecule has 0 atom stereocenters. The van der Waals surface area contributed by atoms with Gasteiger partial charge in [-0.05, 0) is 50.3 Å². The number of nitrogens with one attached hydrogen (secondary N) is 1. The van der Waals surface area contributed by atoms with Gasteiger partial charge < -0.3 is 0 Å². The lowest BCUT2D eigenvalue weighted by molar-refractivity contribution is 0.689. The van der Waals surface area contributed by atoms with E-state index in [-0.39, 0.29) is 5.56 Å². The van der Waals surface area contributed by atoms with E-state index in [0.29, 0.717) is 0 Å². The molecule has 0 unspecified atom stereocenters. The van der Waals surface area contributed by atoms with E-state index in [1.807, 2.05) is 31.2 Å². The Morgan fingerprint density at radius 3 is 2.83 bits per heavy atom. The van der Waals surface area contributed by atoms with Gasteiger partial charge in [-0.25, -0.2) is 4.68 Å². The van der Waals surface area contributed by atoms with Crippen molar-refractivity contribution in [3.8, 4) is 5.69 Å². The number of rotatable bonds is 1. The molecule has 3 heteroatoms. The molecule has 0 bridgehead atoms. The largest absolute Gasteiger partial charge is 0.295 e. The number of hydrogen-bond acceptors (Lipinski definition) is 1. The zero-order valence-corrected chi connectivity index (χ0v) is 10.7. The lowest BCUT2D eigenvalue weighted by Gasteiger charge is -2.03. The van der Waals surface area contributed by atoms with Crippen LogP contribution in [0.15, 0.2) is 29.1 Å². The fourth-order valence-electron chi connectivity index (χ4n) is 2.71. The van der Waals surface area contributed by atoms with Gasteiger partial charge in [-0.2, -0.15) is 0 Å². The molecule has 1 aliphatic rings. The quantitative estimate of drug-likeness (QED) is 0.767. The maximum absolute atomic E-state index is 12.4. The first kappa shape index (κ1) is 11.3. The number of hydrogen-bond donors (Lipinski definition) is 1. The van der Waals surface area contributed by atoms with Crippen LogP contribution >= 0.6 is 0 Å². The molecule has 0 saturated carbocycles. The van der Waals surface area contributed by atoms with E-state index in [1.165, 1.54) is 18.4 Å². The Labute approximate surface area is 106 Å². The predicted octanol–water partition coefficient (Wildman–Crippen LogP) is 2.74. The van der Waals surface area contributed by atoms with Gasteiger partial charge in [-0.1, -0.05) is 18.6 Å². The summed E-state index contributed by atoms with van der Waals surface area (Å²) >= 11 is 0. The predicted molar refractivity (Wildman–Crippen MR) is 72.4 cm³/mol. The molecule has 1 aromatic carbocycles. The molecule has 2 aromatic rings. The molecule has 0 radical (unpaired) electrons. The summed E-state index contributed by atoms with van der Waals surface area (Å²) in [5.41, 5.74) is 4.38. The van der Waals surface area contributed by atoms with Crippen LogP contribution in [0.25, 0.3) is 5.69 Å². The van der Waals surface area contributed by atoms with Gasteiger partial charge in [0, 0.05) is 11.3 Å². The number of aromatic nitrogens is 2. The van der Waals surface area contributed by atoms with E-state index in [2.05, 4.69) is 5.10 Å². The Hall–Kier alpha value is -1.77. The second kappa shape index (κ2) is 4.48. The Morgan fingerprint density at radius 1 is 1.17 bits per heavy atom. The highest BCUT2D eigenvalue weighted by atomic mass is 16.1. The van der Waals surface area contributed by atoms with Crippen molar-refractivity contribution < 1.29 is 0 Å². The normalized spacial score (nSPS) is 15.2. The summed E-state index contributed by atoms with van der Waals surface area (Å²) in [4.78, 5) is 12.4. The van der Waals surface area contributed by atoms with Crippen LogP contribution in [-0.4, -0.2) is 9.78 Å². The van der Waals surface area contributed by atoms with Gasteiger partial charge in [0.25, 0.3) is 5.56 Å². The van der Waals surface area contributed by atoms with Crippen LogP contribution < -0.4 is 5.56 Å². The highest BCUT2D eigenvalue weighted by Gasteiger charge is 2.16. The number of nitrogens with zero attached hydrogens (tertiary/aromatic N) is 1. The van der Waals surface area contributed by atoms with Gasteiger partial charge in [-0.15, -0.1) is 0 Å². The van der Waals surface area contributed by atoms with Gasteiger partial charge >= 0.3 is 0 Å². The van der Waals surface area contributed by atoms with E-state index in [9.17, 15) is 4.79 Å². The minimum absolute atomic E-state index is 0.137. The number of H-pyrrole nitrogens is 1. The maximum atomic E-state index is 12.4. The van der Waals surface area contributed by atoms with Crippen molar-refractivity contribution in [3.63, 3.8) is 0 Å². The average molecular weight is 242 g/mol. The summed E-state index contributed by atoms with van der Waals surface area (Å²) in [6.07, 6.45) is 5.47. The van der Waals surface area contributed by atoms with Gasteiger partial charge in [0.2, 0.25) is 0 Å². The molecule has 3 rings (SSSR count). The van der Waals surface area contributed by atoms with E-state index in [4.69, 9.17) is 0 Å². The monoisotopic (exact) mass is 242 g/mol. The number of aromatic amines is 1. The fourth-order valence-corrected chi connectivity index (χ4v) is 2.71. The first-order valence-electron chi connectivity index (χ1n) is 6.65. The van der Waals surface area contributed by atoms with Crippen LogP contribution in [0.4, 0.5) is 0 Å². The van der Waals surface area contributed by atoms with E-state index < -0.39 is 0 Å². The summed E-state index contributed by atoms with van der Waals surface area (Å²) in [6, 6.07) is 8.05. The highest BCUT2D eigenvalue weighted by Crippen LogP contribution is 2.17. The van der Waals surface area contributed by atoms with E-state index in [0.717, 1.165) is 36.2 Å². The third-order valence-electron chi connectivity index (χ3n) is 3.69. The Morgan fingerprint density at radius 2 is 2.00 bits per heavy atom. The van der Waals surface area contributed by atoms with Gasteiger partial charge in [0.05, 0.1) is 5.69 Å². The molecule has 0 aliphatic heterocycles. The summed E-state index contributed by atoms with van der Waals surface area (Å²) in [5.74, 6) is 0. The summed E-state index contributed by atoms with van der Waals surface area (Å²) in [5, 5.41) is 3.29. The SMILES string of the molecule is Cc1cccc(-n2[nH]c3c(c2=O)CCCCC3)c1. The zero-order valence-electron chi connectivity index (χ0n) is 10.7. The standard InChI is InChI=1S/C15H18N2O/c1-11-6-5-7-12(10-11)17-15(18)13-8-3-2-4-9-14(13)16-17/h5-7,10,16H,2-4,8-9H2,1H3. The summed E-state index contributed by atoms with van der Waals surface area (Å²) < 4.78 is 1.70. The molecule has 0 amide bonds. The average Bonchev–Trinajstić information content (AvgIpc) is 2.55. The number of benzene rings is 1. The van der Waals surface area contributed by atoms with Crippen LogP contribution in [0, 0.1) is 6.92 Å². The molecule has 1 N–H and O–H groups in total. The number of fused-ring (bicyclic) bond motifs is 1. The number of aryl methyl sites for hydroxylation is 2. The van der Waals surface area contributed by atoms with Crippen molar-refractivity contribution in [2.24, 2.45) is 0 Å². The smallest absolute Gasteiger partial charge is 0.274 e.